The highest BCUT2D eigenvalue weighted by atomic mass is 79.9. The minimum atomic E-state index is 0.840. The van der Waals surface area contributed by atoms with E-state index in [1.807, 2.05) is 12.1 Å². The van der Waals surface area contributed by atoms with Crippen molar-refractivity contribution >= 4 is 37.5 Å². The molecule has 0 bridgehead atoms. The second-order valence-electron chi connectivity index (χ2n) is 2.26. The van der Waals surface area contributed by atoms with E-state index in [9.17, 15) is 0 Å². The minimum absolute atomic E-state index is 0.840. The topological polar surface area (TPSA) is 22.1 Å². The van der Waals surface area contributed by atoms with Gasteiger partial charge in [0.25, 0.3) is 0 Å². The third kappa shape index (κ3) is 1.21. The summed E-state index contributed by atoms with van der Waals surface area (Å²) >= 11 is 4.90. The van der Waals surface area contributed by atoms with E-state index in [1.54, 1.807) is 7.11 Å². The van der Waals surface area contributed by atoms with Gasteiger partial charge in [0.05, 0.1) is 17.3 Å². The molecule has 1 aromatic heterocycles. The number of aromatic nitrogens is 1. The molecule has 12 heavy (non-hydrogen) atoms. The first-order valence-corrected chi connectivity index (χ1v) is 4.92. The van der Waals surface area contributed by atoms with Crippen LogP contribution in [0.3, 0.4) is 0 Å². The number of nitrogens with zero attached hydrogens (tertiary/aromatic N) is 1. The Bertz CT molecular complexity index is 412. The Balaban J connectivity index is 2.75. The molecule has 0 atom stereocenters. The van der Waals surface area contributed by atoms with Gasteiger partial charge in [-0.05, 0) is 28.1 Å². The molecule has 0 spiro atoms. The SMILES string of the molecule is COc1cc(Br)c2n[c]sc2c1. The summed E-state index contributed by atoms with van der Waals surface area (Å²) in [6.45, 7) is 0. The molecule has 2 aromatic rings. The number of methoxy groups -OCH3 is 1. The Hall–Kier alpha value is -0.610. The van der Waals surface area contributed by atoms with Crippen molar-refractivity contribution in [3.63, 3.8) is 0 Å². The number of rotatable bonds is 1. The van der Waals surface area contributed by atoms with Crippen LogP contribution in [0, 0.1) is 5.51 Å². The zero-order valence-electron chi connectivity index (χ0n) is 6.30. The lowest BCUT2D eigenvalue weighted by atomic mass is 10.3. The van der Waals surface area contributed by atoms with E-state index in [1.165, 1.54) is 11.3 Å². The van der Waals surface area contributed by atoms with Gasteiger partial charge in [0.2, 0.25) is 0 Å². The largest absolute Gasteiger partial charge is 0.497 e. The maximum Gasteiger partial charge on any atom is 0.153 e. The van der Waals surface area contributed by atoms with Gasteiger partial charge in [-0.1, -0.05) is 0 Å². The second kappa shape index (κ2) is 3.03. The number of thiazole rings is 1. The predicted octanol–water partition coefficient (Wildman–Crippen LogP) is 2.87. The maximum atomic E-state index is 5.11. The van der Waals surface area contributed by atoms with Crippen LogP contribution in [0.1, 0.15) is 0 Å². The predicted molar refractivity (Wildman–Crippen MR) is 52.7 cm³/mol. The van der Waals surface area contributed by atoms with Gasteiger partial charge in [0, 0.05) is 4.47 Å². The van der Waals surface area contributed by atoms with Gasteiger partial charge in [-0.2, -0.15) is 0 Å². The summed E-state index contributed by atoms with van der Waals surface area (Å²) in [4.78, 5) is 4.08. The molecule has 0 N–H and O–H groups in total. The molecule has 1 aromatic carbocycles. The van der Waals surface area contributed by atoms with E-state index in [0.29, 0.717) is 0 Å². The second-order valence-corrected chi connectivity index (χ2v) is 3.94. The molecule has 0 saturated heterocycles. The van der Waals surface area contributed by atoms with Crippen molar-refractivity contribution < 1.29 is 4.74 Å². The fourth-order valence-corrected chi connectivity index (χ4v) is 2.29. The van der Waals surface area contributed by atoms with Crippen molar-refractivity contribution in [1.29, 1.82) is 0 Å². The fraction of sp³-hybridized carbons (Fsp3) is 0.125. The van der Waals surface area contributed by atoms with Crippen molar-refractivity contribution in [2.45, 2.75) is 0 Å². The van der Waals surface area contributed by atoms with E-state index in [2.05, 4.69) is 26.4 Å². The van der Waals surface area contributed by atoms with Gasteiger partial charge in [-0.15, -0.1) is 11.3 Å². The molecule has 0 aliphatic carbocycles. The Morgan fingerprint density at radius 1 is 1.58 bits per heavy atom. The molecule has 0 amide bonds. The summed E-state index contributed by atoms with van der Waals surface area (Å²) in [5.74, 6) is 0.840. The Morgan fingerprint density at radius 3 is 3.17 bits per heavy atom. The molecule has 0 fully saturated rings. The summed E-state index contributed by atoms with van der Waals surface area (Å²) in [6, 6.07) is 3.85. The van der Waals surface area contributed by atoms with Crippen molar-refractivity contribution in [2.24, 2.45) is 0 Å². The monoisotopic (exact) mass is 242 g/mol. The van der Waals surface area contributed by atoms with Crippen LogP contribution >= 0.6 is 27.3 Å². The number of hydrogen-bond acceptors (Lipinski definition) is 3. The van der Waals surface area contributed by atoms with Gasteiger partial charge in [-0.25, -0.2) is 4.98 Å². The van der Waals surface area contributed by atoms with Crippen LogP contribution in [-0.4, -0.2) is 12.1 Å². The lowest BCUT2D eigenvalue weighted by molar-refractivity contribution is 0.415. The summed E-state index contributed by atoms with van der Waals surface area (Å²) in [7, 11) is 1.65. The quantitative estimate of drug-likeness (QED) is 0.768. The zero-order valence-corrected chi connectivity index (χ0v) is 8.70. The highest BCUT2D eigenvalue weighted by Gasteiger charge is 2.04. The smallest absolute Gasteiger partial charge is 0.153 e. The molecule has 0 saturated carbocycles. The molecule has 1 heterocycles. The van der Waals surface area contributed by atoms with E-state index in [0.717, 1.165) is 20.4 Å². The first-order valence-electron chi connectivity index (χ1n) is 3.31. The lowest BCUT2D eigenvalue weighted by Gasteiger charge is -1.99. The van der Waals surface area contributed by atoms with Crippen LogP contribution in [0.25, 0.3) is 10.2 Å². The lowest BCUT2D eigenvalue weighted by Crippen LogP contribution is -1.81. The van der Waals surface area contributed by atoms with Crippen molar-refractivity contribution in [3.05, 3.63) is 22.1 Å². The maximum absolute atomic E-state index is 5.11. The molecule has 0 aliphatic heterocycles. The molecule has 0 aliphatic rings. The number of hydrogen-bond donors (Lipinski definition) is 0. The average Bonchev–Trinajstić information content (AvgIpc) is 2.52. The molecule has 4 heteroatoms. The van der Waals surface area contributed by atoms with E-state index in [-0.39, 0.29) is 0 Å². The fourth-order valence-electron chi connectivity index (χ4n) is 0.972. The van der Waals surface area contributed by atoms with E-state index in [4.69, 9.17) is 4.74 Å². The molecule has 1 radical (unpaired) electrons. The van der Waals surface area contributed by atoms with Gasteiger partial charge in [-0.3, -0.25) is 0 Å². The van der Waals surface area contributed by atoms with Crippen LogP contribution in [-0.2, 0) is 0 Å². The summed E-state index contributed by atoms with van der Waals surface area (Å²) in [6.07, 6.45) is 0. The molecule has 61 valence electrons. The van der Waals surface area contributed by atoms with Crippen LogP contribution in [0.5, 0.6) is 5.75 Å². The number of halogens is 1. The van der Waals surface area contributed by atoms with Crippen LogP contribution < -0.4 is 4.74 Å². The normalized spacial score (nSPS) is 10.5. The number of benzene rings is 1. The Kier molecular flexibility index (Phi) is 2.02. The third-order valence-corrected chi connectivity index (χ3v) is 2.87. The Morgan fingerprint density at radius 2 is 2.42 bits per heavy atom. The van der Waals surface area contributed by atoms with E-state index >= 15 is 0 Å². The van der Waals surface area contributed by atoms with Crippen LogP contribution in [0.15, 0.2) is 16.6 Å². The first kappa shape index (κ1) is 8.01. The number of fused-ring (bicyclic) bond motifs is 1. The first-order chi connectivity index (χ1) is 5.81. The summed E-state index contributed by atoms with van der Waals surface area (Å²) < 4.78 is 7.15. The number of ether oxygens (including phenoxy) is 1. The molecular weight excluding hydrogens is 238 g/mol. The van der Waals surface area contributed by atoms with Crippen molar-refractivity contribution in [2.75, 3.05) is 7.11 Å². The third-order valence-electron chi connectivity index (χ3n) is 1.55. The molecule has 2 nitrogen and oxygen atoms in total. The van der Waals surface area contributed by atoms with Gasteiger partial charge >= 0.3 is 0 Å². The van der Waals surface area contributed by atoms with Gasteiger partial charge in [0.1, 0.15) is 5.75 Å². The molecule has 2 rings (SSSR count). The minimum Gasteiger partial charge on any atom is -0.497 e. The van der Waals surface area contributed by atoms with Crippen LogP contribution in [0.4, 0.5) is 0 Å². The average molecular weight is 243 g/mol. The van der Waals surface area contributed by atoms with Crippen molar-refractivity contribution in [1.82, 2.24) is 4.98 Å². The van der Waals surface area contributed by atoms with Gasteiger partial charge < -0.3 is 4.74 Å². The van der Waals surface area contributed by atoms with Crippen LogP contribution in [0.2, 0.25) is 0 Å². The standard InChI is InChI=1S/C8H5BrNOS/c1-11-5-2-6(9)8-7(3-5)12-4-10-8/h2-3H,1H3. The highest BCUT2D eigenvalue weighted by molar-refractivity contribution is 9.10. The highest BCUT2D eigenvalue weighted by Crippen LogP contribution is 2.30. The summed E-state index contributed by atoms with van der Waals surface area (Å²) in [5.41, 5.74) is 3.78. The molecule has 0 unspecified atom stereocenters. The molecular formula is C8H5BrNOS. The zero-order chi connectivity index (χ0) is 8.55. The summed E-state index contributed by atoms with van der Waals surface area (Å²) in [5, 5.41) is 0. The van der Waals surface area contributed by atoms with Crippen molar-refractivity contribution in [3.8, 4) is 5.75 Å². The van der Waals surface area contributed by atoms with Gasteiger partial charge in [0.15, 0.2) is 5.51 Å². The Labute approximate surface area is 82.3 Å². The van der Waals surface area contributed by atoms with E-state index < -0.39 is 0 Å².